The van der Waals surface area contributed by atoms with E-state index in [9.17, 15) is 13.6 Å². The predicted molar refractivity (Wildman–Crippen MR) is 96.1 cm³/mol. The Labute approximate surface area is 157 Å². The molecule has 0 aliphatic rings. The molecule has 0 aliphatic carbocycles. The van der Waals surface area contributed by atoms with Crippen LogP contribution in [0.3, 0.4) is 0 Å². The van der Waals surface area contributed by atoms with Gasteiger partial charge in [-0.25, -0.2) is 18.7 Å². The second-order valence-electron chi connectivity index (χ2n) is 5.09. The second kappa shape index (κ2) is 7.63. The van der Waals surface area contributed by atoms with Crippen molar-refractivity contribution in [2.45, 2.75) is 0 Å². The van der Waals surface area contributed by atoms with E-state index in [0.717, 1.165) is 12.1 Å². The number of rotatable bonds is 4. The number of benzene rings is 2. The molecule has 0 fully saturated rings. The van der Waals surface area contributed by atoms with E-state index in [1.54, 1.807) is 12.1 Å². The zero-order valence-electron chi connectivity index (χ0n) is 12.9. The Morgan fingerprint density at radius 3 is 2.31 bits per heavy atom. The number of halogens is 4. The third kappa shape index (κ3) is 4.07. The number of hydrogen-bond donors (Lipinski definition) is 2. The van der Waals surface area contributed by atoms with Crippen LogP contribution in [0.2, 0.25) is 10.0 Å². The van der Waals surface area contributed by atoms with Crippen LogP contribution in [-0.4, -0.2) is 15.9 Å². The first-order valence-corrected chi connectivity index (χ1v) is 7.99. The maximum absolute atomic E-state index is 13.6. The smallest absolute Gasteiger partial charge is 0.275 e. The van der Waals surface area contributed by atoms with Crippen LogP contribution >= 0.6 is 23.2 Å². The zero-order chi connectivity index (χ0) is 18.7. The minimum atomic E-state index is -0.770. The topological polar surface area (TPSA) is 66.9 Å². The van der Waals surface area contributed by atoms with Crippen molar-refractivity contribution in [3.63, 3.8) is 0 Å². The lowest BCUT2D eigenvalue weighted by atomic mass is 10.3. The molecule has 3 rings (SSSR count). The van der Waals surface area contributed by atoms with Crippen molar-refractivity contribution in [3.05, 3.63) is 76.2 Å². The molecule has 0 saturated carbocycles. The van der Waals surface area contributed by atoms with Crippen LogP contribution in [0.5, 0.6) is 0 Å². The molecule has 1 aromatic heterocycles. The van der Waals surface area contributed by atoms with E-state index >= 15 is 0 Å². The quantitative estimate of drug-likeness (QED) is 0.648. The van der Waals surface area contributed by atoms with Gasteiger partial charge in [0.1, 0.15) is 28.8 Å². The van der Waals surface area contributed by atoms with Crippen LogP contribution in [0.1, 0.15) is 10.5 Å². The predicted octanol–water partition coefficient (Wildman–Crippen LogP) is 5.06. The monoisotopic (exact) mass is 394 g/mol. The number of carbonyl (C=O) groups is 1. The summed E-state index contributed by atoms with van der Waals surface area (Å²) in [6.07, 6.45) is 2.36. The first-order valence-electron chi connectivity index (χ1n) is 7.23. The van der Waals surface area contributed by atoms with E-state index in [1.807, 2.05) is 0 Å². The molecule has 26 heavy (non-hydrogen) atoms. The van der Waals surface area contributed by atoms with E-state index in [4.69, 9.17) is 23.2 Å². The Bertz CT molecular complexity index is 947. The van der Waals surface area contributed by atoms with Gasteiger partial charge >= 0.3 is 0 Å². The van der Waals surface area contributed by atoms with Crippen molar-refractivity contribution < 1.29 is 13.6 Å². The van der Waals surface area contributed by atoms with Gasteiger partial charge in [-0.3, -0.25) is 4.79 Å². The molecular formula is C17H10Cl2F2N4O. The van der Waals surface area contributed by atoms with Crippen molar-refractivity contribution in [2.24, 2.45) is 0 Å². The van der Waals surface area contributed by atoms with Gasteiger partial charge < -0.3 is 10.6 Å². The summed E-state index contributed by atoms with van der Waals surface area (Å²) in [5.74, 6) is -1.99. The first-order chi connectivity index (χ1) is 12.4. The average Bonchev–Trinajstić information content (AvgIpc) is 2.62. The summed E-state index contributed by atoms with van der Waals surface area (Å²) in [7, 11) is 0. The van der Waals surface area contributed by atoms with Gasteiger partial charge in [-0.2, -0.15) is 0 Å². The minimum absolute atomic E-state index is 0.00984. The number of amides is 1. The van der Waals surface area contributed by atoms with Crippen LogP contribution in [0.25, 0.3) is 0 Å². The molecule has 3 aromatic rings. The number of aromatic nitrogens is 2. The van der Waals surface area contributed by atoms with Crippen molar-refractivity contribution in [1.29, 1.82) is 0 Å². The molecule has 1 amide bonds. The summed E-state index contributed by atoms with van der Waals surface area (Å²) >= 11 is 11.7. The number of hydrogen-bond acceptors (Lipinski definition) is 4. The molecule has 0 spiro atoms. The van der Waals surface area contributed by atoms with Crippen LogP contribution in [0.15, 0.2) is 48.8 Å². The summed E-state index contributed by atoms with van der Waals surface area (Å²) in [4.78, 5) is 20.0. The van der Waals surface area contributed by atoms with Crippen molar-refractivity contribution in [3.8, 4) is 0 Å². The average molecular weight is 395 g/mol. The van der Waals surface area contributed by atoms with Gasteiger partial charge in [0.05, 0.1) is 22.4 Å². The van der Waals surface area contributed by atoms with Gasteiger partial charge in [-0.05, 0) is 30.3 Å². The molecule has 0 atom stereocenters. The van der Waals surface area contributed by atoms with Crippen molar-refractivity contribution in [2.75, 3.05) is 10.6 Å². The minimum Gasteiger partial charge on any atom is -0.334 e. The molecule has 0 aliphatic heterocycles. The summed E-state index contributed by atoms with van der Waals surface area (Å²) in [5, 5.41) is 5.73. The van der Waals surface area contributed by atoms with E-state index in [-0.39, 0.29) is 17.2 Å². The molecule has 2 N–H and O–H groups in total. The molecule has 1 heterocycles. The second-order valence-corrected chi connectivity index (χ2v) is 5.91. The van der Waals surface area contributed by atoms with Crippen LogP contribution in [0, 0.1) is 11.6 Å². The van der Waals surface area contributed by atoms with E-state index in [2.05, 4.69) is 20.6 Å². The lowest BCUT2D eigenvalue weighted by Gasteiger charge is -2.08. The Morgan fingerprint density at radius 2 is 1.69 bits per heavy atom. The van der Waals surface area contributed by atoms with E-state index in [1.165, 1.54) is 24.5 Å². The van der Waals surface area contributed by atoms with Gasteiger partial charge in [0.15, 0.2) is 0 Å². The fraction of sp³-hybridized carbons (Fsp3) is 0. The highest BCUT2D eigenvalue weighted by Gasteiger charge is 2.12. The Hall–Kier alpha value is -2.77. The fourth-order valence-electron chi connectivity index (χ4n) is 2.02. The highest BCUT2D eigenvalue weighted by molar-refractivity contribution is 6.42. The molecule has 9 heteroatoms. The largest absolute Gasteiger partial charge is 0.334 e. The molecular weight excluding hydrogens is 385 g/mol. The lowest BCUT2D eigenvalue weighted by Crippen LogP contribution is -2.14. The Kier molecular flexibility index (Phi) is 5.29. The zero-order valence-corrected chi connectivity index (χ0v) is 14.4. The summed E-state index contributed by atoms with van der Waals surface area (Å²) < 4.78 is 27.2. The molecule has 2 aromatic carbocycles. The molecule has 0 saturated heterocycles. The Morgan fingerprint density at radius 1 is 0.962 bits per heavy atom. The maximum atomic E-state index is 13.6. The van der Waals surface area contributed by atoms with Crippen molar-refractivity contribution >= 4 is 46.3 Å². The van der Waals surface area contributed by atoms with Crippen LogP contribution < -0.4 is 10.6 Å². The third-order valence-corrected chi connectivity index (χ3v) is 4.02. The lowest BCUT2D eigenvalue weighted by molar-refractivity contribution is 0.102. The summed E-state index contributed by atoms with van der Waals surface area (Å²) in [6.45, 7) is 0. The highest BCUT2D eigenvalue weighted by Crippen LogP contribution is 2.25. The SMILES string of the molecule is O=C(Nc1ccc(Cl)c(Cl)c1)c1cnc(Nc2c(F)cccc2F)cn1. The van der Waals surface area contributed by atoms with Crippen molar-refractivity contribution in [1.82, 2.24) is 9.97 Å². The molecule has 0 unspecified atom stereocenters. The number of nitrogens with zero attached hydrogens (tertiary/aromatic N) is 2. The van der Waals surface area contributed by atoms with Gasteiger partial charge in [0.2, 0.25) is 0 Å². The van der Waals surface area contributed by atoms with Gasteiger partial charge in [-0.1, -0.05) is 29.3 Å². The highest BCUT2D eigenvalue weighted by atomic mass is 35.5. The molecule has 5 nitrogen and oxygen atoms in total. The van der Waals surface area contributed by atoms with E-state index in [0.29, 0.717) is 15.7 Å². The van der Waals surface area contributed by atoms with Crippen LogP contribution in [0.4, 0.5) is 26.0 Å². The third-order valence-electron chi connectivity index (χ3n) is 3.28. The fourth-order valence-corrected chi connectivity index (χ4v) is 2.32. The first kappa shape index (κ1) is 18.0. The molecule has 0 radical (unpaired) electrons. The van der Waals surface area contributed by atoms with Gasteiger partial charge in [0.25, 0.3) is 5.91 Å². The standard InChI is InChI=1S/C17H10Cl2F2N4O/c18-10-5-4-9(6-11(10)19)24-17(26)14-7-23-15(8-22-14)25-16-12(20)2-1-3-13(16)21/h1-8H,(H,23,25)(H,24,26). The van der Waals surface area contributed by atoms with Crippen LogP contribution in [-0.2, 0) is 0 Å². The number of carbonyl (C=O) groups excluding carboxylic acids is 1. The van der Waals surface area contributed by atoms with Gasteiger partial charge in [-0.15, -0.1) is 0 Å². The molecule has 132 valence electrons. The summed E-state index contributed by atoms with van der Waals surface area (Å²) in [6, 6.07) is 8.08. The number of para-hydroxylation sites is 1. The van der Waals surface area contributed by atoms with E-state index < -0.39 is 17.5 Å². The van der Waals surface area contributed by atoms with Gasteiger partial charge in [0, 0.05) is 5.69 Å². The number of nitrogens with one attached hydrogen (secondary N) is 2. The Balaban J connectivity index is 1.72. The summed E-state index contributed by atoms with van der Waals surface area (Å²) in [5.41, 5.74) is 0.0901. The normalized spacial score (nSPS) is 10.5. The maximum Gasteiger partial charge on any atom is 0.275 e. The molecule has 0 bridgehead atoms. The number of anilines is 3.